The summed E-state index contributed by atoms with van der Waals surface area (Å²) in [6.07, 6.45) is 8.62. The van der Waals surface area contributed by atoms with Crippen molar-refractivity contribution in [2.45, 2.75) is 88.4 Å². The Hall–Kier alpha value is -1.63. The molecule has 4 fully saturated rings. The smallest absolute Gasteiger partial charge is 0.325 e. The molecule has 7 nitrogen and oxygen atoms in total. The summed E-state index contributed by atoms with van der Waals surface area (Å²) in [5.74, 6) is 0.203. The first kappa shape index (κ1) is 17.8. The molecule has 0 aromatic rings. The van der Waals surface area contributed by atoms with Gasteiger partial charge in [-0.25, -0.2) is 4.79 Å². The molecule has 26 heavy (non-hydrogen) atoms. The van der Waals surface area contributed by atoms with Gasteiger partial charge in [0.1, 0.15) is 12.1 Å². The Bertz CT molecular complexity index is 588. The number of imide groups is 1. The summed E-state index contributed by atoms with van der Waals surface area (Å²) in [6.45, 7) is 2.00. The monoisotopic (exact) mass is 362 g/mol. The van der Waals surface area contributed by atoms with E-state index in [1.54, 1.807) is 0 Å². The summed E-state index contributed by atoms with van der Waals surface area (Å²) in [7, 11) is 0. The number of hydrogen-bond donors (Lipinski definition) is 3. The average molecular weight is 362 g/mol. The van der Waals surface area contributed by atoms with Crippen LogP contribution in [0.3, 0.4) is 0 Å². The number of carbonyl (C=O) groups is 3. The molecule has 3 aliphatic heterocycles. The number of urea groups is 1. The molecule has 144 valence electrons. The largest absolute Gasteiger partial charge is 0.352 e. The van der Waals surface area contributed by atoms with Crippen molar-refractivity contribution in [1.29, 1.82) is 0 Å². The molecule has 2 atom stereocenters. The summed E-state index contributed by atoms with van der Waals surface area (Å²) in [5.41, 5.74) is -0.767. The lowest BCUT2D eigenvalue weighted by molar-refractivity contribution is -0.136. The van der Waals surface area contributed by atoms with Crippen LogP contribution in [0.1, 0.15) is 64.7 Å². The molecule has 0 aromatic heterocycles. The quantitative estimate of drug-likeness (QED) is 0.657. The molecule has 1 aliphatic carbocycles. The second-order valence-electron chi connectivity index (χ2n) is 8.63. The average Bonchev–Trinajstić information content (AvgIpc) is 3.07. The van der Waals surface area contributed by atoms with Gasteiger partial charge in [0.25, 0.3) is 5.91 Å². The molecule has 1 spiro atoms. The highest BCUT2D eigenvalue weighted by Crippen LogP contribution is 2.37. The van der Waals surface area contributed by atoms with Crippen LogP contribution >= 0.6 is 0 Å². The summed E-state index contributed by atoms with van der Waals surface area (Å²) < 4.78 is 0. The van der Waals surface area contributed by atoms with Crippen molar-refractivity contribution in [1.82, 2.24) is 20.9 Å². The van der Waals surface area contributed by atoms with Gasteiger partial charge in [-0.05, 0) is 57.3 Å². The van der Waals surface area contributed by atoms with Gasteiger partial charge in [-0.2, -0.15) is 0 Å². The van der Waals surface area contributed by atoms with Crippen molar-refractivity contribution in [2.24, 2.45) is 5.92 Å². The number of fused-ring (bicyclic) bond motifs is 2. The van der Waals surface area contributed by atoms with Crippen LogP contribution in [0.4, 0.5) is 4.79 Å². The predicted octanol–water partition coefficient (Wildman–Crippen LogP) is 1.28. The fourth-order valence-electron chi connectivity index (χ4n) is 5.33. The van der Waals surface area contributed by atoms with Crippen molar-refractivity contribution in [3.63, 3.8) is 0 Å². The van der Waals surface area contributed by atoms with E-state index in [9.17, 15) is 14.4 Å². The first-order chi connectivity index (χ1) is 12.5. The summed E-state index contributed by atoms with van der Waals surface area (Å²) in [4.78, 5) is 38.8. The van der Waals surface area contributed by atoms with Gasteiger partial charge in [-0.1, -0.05) is 13.3 Å². The molecule has 4 amide bonds. The van der Waals surface area contributed by atoms with E-state index in [1.165, 1.54) is 12.8 Å². The number of hydrogen-bond acceptors (Lipinski definition) is 4. The van der Waals surface area contributed by atoms with Gasteiger partial charge in [0.05, 0.1) is 0 Å². The second kappa shape index (κ2) is 6.83. The SMILES string of the molecule is CCC1CCC2(CC1)NC(=O)N(CC(=O)NC1CC3CCC(C1)N3)C2=O. The van der Waals surface area contributed by atoms with Crippen LogP contribution in [0, 0.1) is 5.92 Å². The van der Waals surface area contributed by atoms with Gasteiger partial charge < -0.3 is 16.0 Å². The summed E-state index contributed by atoms with van der Waals surface area (Å²) >= 11 is 0. The fraction of sp³-hybridized carbons (Fsp3) is 0.842. The zero-order chi connectivity index (χ0) is 18.3. The maximum atomic E-state index is 12.9. The molecular weight excluding hydrogens is 332 g/mol. The minimum absolute atomic E-state index is 0.149. The standard InChI is InChI=1S/C19H30N4O3/c1-2-12-5-7-19(8-6-12)17(25)23(18(26)22-19)11-16(24)21-15-9-13-3-4-14(10-15)20-13/h12-15,20H,2-11H2,1H3,(H,21,24)(H,22,26). The van der Waals surface area contributed by atoms with Gasteiger partial charge >= 0.3 is 6.03 Å². The third-order valence-electron chi connectivity index (χ3n) is 6.92. The molecule has 3 saturated heterocycles. The van der Waals surface area contributed by atoms with E-state index in [4.69, 9.17) is 0 Å². The third kappa shape index (κ3) is 3.21. The minimum Gasteiger partial charge on any atom is -0.352 e. The van der Waals surface area contributed by atoms with E-state index in [1.807, 2.05) is 0 Å². The lowest BCUT2D eigenvalue weighted by Gasteiger charge is -2.34. The van der Waals surface area contributed by atoms with Crippen LogP contribution in [-0.4, -0.2) is 53.0 Å². The molecule has 0 aromatic carbocycles. The van der Waals surface area contributed by atoms with E-state index >= 15 is 0 Å². The van der Waals surface area contributed by atoms with E-state index in [-0.39, 0.29) is 24.4 Å². The topological polar surface area (TPSA) is 90.5 Å². The van der Waals surface area contributed by atoms with Crippen LogP contribution < -0.4 is 16.0 Å². The Morgan fingerprint density at radius 1 is 1.15 bits per heavy atom. The maximum Gasteiger partial charge on any atom is 0.325 e. The Morgan fingerprint density at radius 2 is 1.81 bits per heavy atom. The molecule has 2 bridgehead atoms. The molecule has 1 saturated carbocycles. The van der Waals surface area contributed by atoms with Gasteiger partial charge in [-0.3, -0.25) is 14.5 Å². The first-order valence-corrected chi connectivity index (χ1v) is 10.2. The normalized spacial score (nSPS) is 39.3. The first-order valence-electron chi connectivity index (χ1n) is 10.2. The third-order valence-corrected chi connectivity index (χ3v) is 6.92. The summed E-state index contributed by atoms with van der Waals surface area (Å²) in [6, 6.07) is 0.724. The predicted molar refractivity (Wildman–Crippen MR) is 96.3 cm³/mol. The molecule has 3 heterocycles. The van der Waals surface area contributed by atoms with Crippen LogP contribution in [0.2, 0.25) is 0 Å². The van der Waals surface area contributed by atoms with Crippen molar-refractivity contribution < 1.29 is 14.4 Å². The lowest BCUT2D eigenvalue weighted by Crippen LogP contribution is -2.51. The van der Waals surface area contributed by atoms with E-state index in [0.29, 0.717) is 30.8 Å². The van der Waals surface area contributed by atoms with Gasteiger partial charge in [0.2, 0.25) is 5.91 Å². The molecule has 4 rings (SSSR count). The number of carbonyl (C=O) groups excluding carboxylic acids is 3. The van der Waals surface area contributed by atoms with Crippen LogP contribution in [-0.2, 0) is 9.59 Å². The molecule has 0 radical (unpaired) electrons. The van der Waals surface area contributed by atoms with Crippen LogP contribution in [0.25, 0.3) is 0 Å². The lowest BCUT2D eigenvalue weighted by atomic mass is 9.75. The zero-order valence-electron chi connectivity index (χ0n) is 15.6. The fourth-order valence-corrected chi connectivity index (χ4v) is 5.33. The van der Waals surface area contributed by atoms with Crippen molar-refractivity contribution in [2.75, 3.05) is 6.54 Å². The molecule has 3 N–H and O–H groups in total. The number of piperidine rings is 1. The highest BCUT2D eigenvalue weighted by atomic mass is 16.2. The Kier molecular flexibility index (Phi) is 4.67. The number of nitrogens with one attached hydrogen (secondary N) is 3. The van der Waals surface area contributed by atoms with E-state index in [0.717, 1.165) is 37.0 Å². The van der Waals surface area contributed by atoms with Gasteiger partial charge in [-0.15, -0.1) is 0 Å². The Balaban J connectivity index is 1.33. The van der Waals surface area contributed by atoms with E-state index < -0.39 is 11.6 Å². The molecular formula is C19H30N4O3. The highest BCUT2D eigenvalue weighted by Gasteiger charge is 2.52. The molecule has 2 unspecified atom stereocenters. The van der Waals surface area contributed by atoms with Crippen LogP contribution in [0.5, 0.6) is 0 Å². The van der Waals surface area contributed by atoms with Crippen molar-refractivity contribution in [3.8, 4) is 0 Å². The highest BCUT2D eigenvalue weighted by molar-refractivity contribution is 6.09. The van der Waals surface area contributed by atoms with Crippen LogP contribution in [0.15, 0.2) is 0 Å². The maximum absolute atomic E-state index is 12.9. The molecule has 7 heteroatoms. The Morgan fingerprint density at radius 3 is 2.42 bits per heavy atom. The van der Waals surface area contributed by atoms with Crippen molar-refractivity contribution >= 4 is 17.8 Å². The van der Waals surface area contributed by atoms with Crippen molar-refractivity contribution in [3.05, 3.63) is 0 Å². The number of amides is 4. The van der Waals surface area contributed by atoms with Gasteiger partial charge in [0, 0.05) is 18.1 Å². The zero-order valence-corrected chi connectivity index (χ0v) is 15.6. The summed E-state index contributed by atoms with van der Waals surface area (Å²) in [5, 5.41) is 9.48. The number of rotatable bonds is 4. The molecule has 4 aliphatic rings. The second-order valence-corrected chi connectivity index (χ2v) is 8.63. The minimum atomic E-state index is -0.767. The number of nitrogens with zero attached hydrogens (tertiary/aromatic N) is 1. The Labute approximate surface area is 154 Å². The van der Waals surface area contributed by atoms with Gasteiger partial charge in [0.15, 0.2) is 0 Å². The van der Waals surface area contributed by atoms with E-state index in [2.05, 4.69) is 22.9 Å².